The van der Waals surface area contributed by atoms with Gasteiger partial charge in [0.05, 0.1) is 22.2 Å². The Labute approximate surface area is 277 Å². The Hall–Kier alpha value is -6.06. The lowest BCUT2D eigenvalue weighted by Gasteiger charge is -2.24. The van der Waals surface area contributed by atoms with Crippen LogP contribution < -0.4 is 0 Å². The van der Waals surface area contributed by atoms with Crippen molar-refractivity contribution in [2.75, 3.05) is 0 Å². The summed E-state index contributed by atoms with van der Waals surface area (Å²) in [5.41, 5.74) is 15.0. The molecule has 0 amide bonds. The summed E-state index contributed by atoms with van der Waals surface area (Å²) >= 11 is 0. The predicted octanol–water partition coefficient (Wildman–Crippen LogP) is 11.3. The maximum atomic E-state index is 5.49. The molecule has 1 unspecified atom stereocenters. The molecular weight excluding hydrogens is 583 g/mol. The zero-order valence-electron chi connectivity index (χ0n) is 26.2. The fraction of sp³-hybridized carbons (Fsp3) is 0.0667. The first-order chi connectivity index (χ1) is 23.8. The largest absolute Gasteiger partial charge is 0.277 e. The number of hydrogen-bond acceptors (Lipinski definition) is 2. The highest BCUT2D eigenvalue weighted by Crippen LogP contribution is 2.54. The van der Waals surface area contributed by atoms with Gasteiger partial charge in [-0.15, -0.1) is 0 Å². The molecule has 2 bridgehead atoms. The highest BCUT2D eigenvalue weighted by atomic mass is 15.2. The standard InChI is InChI=1S/C45H29N3/c1-2-13-28(14-3-1)42-37-20-10-11-21-40(37)46-45(47-42)48-43-29-15-5-4-12-27(29)22-23-36(43)39-26-38-32-18-7-6-16-30(32)33-24-25-35(38)41(44(39)48)34-19-9-8-17-31(33)34/h1-23,26,33H,24-25H2. The quantitative estimate of drug-likeness (QED) is 0.195. The van der Waals surface area contributed by atoms with Gasteiger partial charge in [-0.3, -0.25) is 4.57 Å². The van der Waals surface area contributed by atoms with E-state index in [-0.39, 0.29) is 0 Å². The molecule has 2 aliphatic rings. The number of hydrogen-bond donors (Lipinski definition) is 0. The summed E-state index contributed by atoms with van der Waals surface area (Å²) in [6.07, 6.45) is 2.11. The van der Waals surface area contributed by atoms with Gasteiger partial charge in [0, 0.05) is 38.6 Å². The fourth-order valence-corrected chi connectivity index (χ4v) is 8.79. The molecule has 2 heterocycles. The van der Waals surface area contributed by atoms with Crippen molar-refractivity contribution in [2.45, 2.75) is 18.8 Å². The van der Waals surface area contributed by atoms with E-state index in [0.717, 1.165) is 40.5 Å². The zero-order valence-corrected chi connectivity index (χ0v) is 26.2. The van der Waals surface area contributed by atoms with Gasteiger partial charge in [0.15, 0.2) is 0 Å². The first-order valence-corrected chi connectivity index (χ1v) is 16.9. The van der Waals surface area contributed by atoms with Crippen LogP contribution in [0.3, 0.4) is 0 Å². The second kappa shape index (κ2) is 9.73. The molecule has 0 saturated carbocycles. The molecule has 0 saturated heterocycles. The van der Waals surface area contributed by atoms with E-state index in [2.05, 4.69) is 150 Å². The van der Waals surface area contributed by atoms with E-state index in [0.29, 0.717) is 11.9 Å². The number of fused-ring (bicyclic) bond motifs is 15. The molecule has 48 heavy (non-hydrogen) atoms. The molecule has 0 radical (unpaired) electrons. The number of aromatic nitrogens is 3. The topological polar surface area (TPSA) is 30.7 Å². The lowest BCUT2D eigenvalue weighted by Crippen LogP contribution is -2.07. The molecule has 7 aromatic carbocycles. The fourth-order valence-electron chi connectivity index (χ4n) is 8.79. The van der Waals surface area contributed by atoms with Crippen molar-refractivity contribution in [1.82, 2.24) is 14.5 Å². The Bertz CT molecular complexity index is 2790. The molecule has 2 aliphatic carbocycles. The van der Waals surface area contributed by atoms with Crippen molar-refractivity contribution < 1.29 is 0 Å². The summed E-state index contributed by atoms with van der Waals surface area (Å²) in [4.78, 5) is 10.9. The summed E-state index contributed by atoms with van der Waals surface area (Å²) in [6, 6.07) is 53.0. The maximum Gasteiger partial charge on any atom is 0.235 e. The first-order valence-electron chi connectivity index (χ1n) is 16.9. The molecule has 3 heteroatoms. The van der Waals surface area contributed by atoms with Gasteiger partial charge in [0.1, 0.15) is 0 Å². The third kappa shape index (κ3) is 3.48. The van der Waals surface area contributed by atoms with Crippen molar-refractivity contribution in [3.63, 3.8) is 0 Å². The van der Waals surface area contributed by atoms with E-state index < -0.39 is 0 Å². The monoisotopic (exact) mass is 611 g/mol. The number of nitrogens with zero attached hydrogens (tertiary/aromatic N) is 3. The minimum atomic E-state index is 0.345. The van der Waals surface area contributed by atoms with E-state index >= 15 is 0 Å². The van der Waals surface area contributed by atoms with Crippen LogP contribution in [-0.4, -0.2) is 14.5 Å². The average Bonchev–Trinajstić information content (AvgIpc) is 3.27. The van der Waals surface area contributed by atoms with E-state index in [1.54, 1.807) is 0 Å². The normalized spacial score (nSPS) is 14.7. The van der Waals surface area contributed by atoms with Gasteiger partial charge in [0.25, 0.3) is 0 Å². The van der Waals surface area contributed by atoms with Crippen molar-refractivity contribution in [2.24, 2.45) is 0 Å². The van der Waals surface area contributed by atoms with Crippen LogP contribution in [0.2, 0.25) is 0 Å². The van der Waals surface area contributed by atoms with Gasteiger partial charge in [-0.2, -0.15) is 0 Å². The van der Waals surface area contributed by atoms with E-state index in [4.69, 9.17) is 9.97 Å². The minimum absolute atomic E-state index is 0.345. The van der Waals surface area contributed by atoms with Crippen LogP contribution in [-0.2, 0) is 6.42 Å². The molecule has 224 valence electrons. The van der Waals surface area contributed by atoms with Crippen molar-refractivity contribution >= 4 is 43.5 Å². The summed E-state index contributed by atoms with van der Waals surface area (Å²) in [5, 5.41) is 5.93. The van der Waals surface area contributed by atoms with Gasteiger partial charge in [-0.1, -0.05) is 133 Å². The molecule has 1 atom stereocenters. The van der Waals surface area contributed by atoms with Crippen LogP contribution in [0.4, 0.5) is 0 Å². The molecular formula is C45H29N3. The highest BCUT2D eigenvalue weighted by molar-refractivity contribution is 6.22. The molecule has 0 spiro atoms. The lowest BCUT2D eigenvalue weighted by atomic mass is 9.80. The Kier molecular flexibility index (Phi) is 5.28. The molecule has 3 nitrogen and oxygen atoms in total. The molecule has 0 fully saturated rings. The summed E-state index contributed by atoms with van der Waals surface area (Å²) in [7, 11) is 0. The van der Waals surface area contributed by atoms with Crippen LogP contribution in [0.1, 0.15) is 29.0 Å². The third-order valence-electron chi connectivity index (χ3n) is 10.8. The Morgan fingerprint density at radius 1 is 0.521 bits per heavy atom. The summed E-state index contributed by atoms with van der Waals surface area (Å²) in [5.74, 6) is 1.05. The number of benzene rings is 7. The van der Waals surface area contributed by atoms with Crippen LogP contribution >= 0.6 is 0 Å². The molecule has 11 rings (SSSR count). The summed E-state index contributed by atoms with van der Waals surface area (Å²) < 4.78 is 2.40. The van der Waals surface area contributed by atoms with E-state index in [1.165, 1.54) is 66.0 Å². The second-order valence-corrected chi connectivity index (χ2v) is 13.2. The van der Waals surface area contributed by atoms with Crippen LogP contribution in [0.5, 0.6) is 0 Å². The Morgan fingerprint density at radius 2 is 1.23 bits per heavy atom. The third-order valence-corrected chi connectivity index (χ3v) is 10.8. The van der Waals surface area contributed by atoms with Crippen molar-refractivity contribution in [3.05, 3.63) is 162 Å². The second-order valence-electron chi connectivity index (χ2n) is 13.2. The van der Waals surface area contributed by atoms with E-state index in [1.807, 2.05) is 0 Å². The predicted molar refractivity (Wildman–Crippen MR) is 198 cm³/mol. The average molecular weight is 612 g/mol. The lowest BCUT2D eigenvalue weighted by molar-refractivity contribution is 0.736. The molecule has 0 aliphatic heterocycles. The number of para-hydroxylation sites is 1. The van der Waals surface area contributed by atoms with Gasteiger partial charge < -0.3 is 0 Å². The van der Waals surface area contributed by atoms with Gasteiger partial charge >= 0.3 is 0 Å². The minimum Gasteiger partial charge on any atom is -0.277 e. The Morgan fingerprint density at radius 3 is 2.10 bits per heavy atom. The molecule has 0 N–H and O–H groups in total. The van der Waals surface area contributed by atoms with Crippen LogP contribution in [0.15, 0.2) is 146 Å². The van der Waals surface area contributed by atoms with Crippen molar-refractivity contribution in [3.8, 4) is 39.5 Å². The first kappa shape index (κ1) is 26.1. The van der Waals surface area contributed by atoms with Gasteiger partial charge in [-0.05, 0) is 63.7 Å². The van der Waals surface area contributed by atoms with Crippen LogP contribution in [0, 0.1) is 0 Å². The summed E-state index contributed by atoms with van der Waals surface area (Å²) in [6.45, 7) is 0. The SMILES string of the molecule is c1ccc(-c2nc(-n3c4c5c6c(cc4c4ccc7ccccc7c43)-c3ccccc3C(CC6)c3ccccc3-5)nc3ccccc23)cc1. The van der Waals surface area contributed by atoms with E-state index in [9.17, 15) is 0 Å². The zero-order chi connectivity index (χ0) is 31.3. The van der Waals surface area contributed by atoms with Crippen LogP contribution in [0.25, 0.3) is 82.9 Å². The maximum absolute atomic E-state index is 5.49. The number of rotatable bonds is 2. The highest BCUT2D eigenvalue weighted by Gasteiger charge is 2.34. The van der Waals surface area contributed by atoms with Gasteiger partial charge in [-0.25, -0.2) is 9.97 Å². The smallest absolute Gasteiger partial charge is 0.235 e. The van der Waals surface area contributed by atoms with Crippen molar-refractivity contribution in [1.29, 1.82) is 0 Å². The van der Waals surface area contributed by atoms with Gasteiger partial charge in [0.2, 0.25) is 5.95 Å². The molecule has 2 aromatic heterocycles. The Balaban J connectivity index is 1.39. The molecule has 9 aromatic rings.